The molecule has 1 heterocycles. The number of amides is 2. The first-order chi connectivity index (χ1) is 23.1. The number of aliphatic carboxylic acids is 1. The Morgan fingerprint density at radius 1 is 0.896 bits per heavy atom. The maximum Gasteiger partial charge on any atom is 0.303 e. The van der Waals surface area contributed by atoms with Crippen LogP contribution in [0.15, 0.2) is 102 Å². The number of carbonyl (C=O) groups excluding carboxylic acids is 3. The van der Waals surface area contributed by atoms with Gasteiger partial charge in [-0.25, -0.2) is 0 Å². The van der Waals surface area contributed by atoms with Crippen molar-refractivity contribution in [3.05, 3.63) is 124 Å². The molecular weight excluding hydrogens is 685 g/mol. The fourth-order valence-corrected chi connectivity index (χ4v) is 6.31. The van der Waals surface area contributed by atoms with Crippen LogP contribution in [-0.2, 0) is 37.0 Å². The number of carboxylic acids is 1. The summed E-state index contributed by atoms with van der Waals surface area (Å²) in [5, 5.41) is 20.0. The van der Waals surface area contributed by atoms with Crippen LogP contribution in [0.2, 0.25) is 0 Å². The number of hydrogen-bond donors (Lipinski definition) is 4. The third-order valence-corrected chi connectivity index (χ3v) is 9.47. The molecule has 0 bridgehead atoms. The van der Waals surface area contributed by atoms with Crippen LogP contribution in [0.5, 0.6) is 0 Å². The van der Waals surface area contributed by atoms with Crippen molar-refractivity contribution in [1.82, 2.24) is 10.0 Å². The number of hydrogen-bond acceptors (Lipinski definition) is 9. The molecule has 4 rings (SSSR count). The van der Waals surface area contributed by atoms with Crippen molar-refractivity contribution in [3.63, 3.8) is 0 Å². The summed E-state index contributed by atoms with van der Waals surface area (Å²) in [7, 11) is 0. The van der Waals surface area contributed by atoms with E-state index in [0.717, 1.165) is 18.1 Å². The predicted molar refractivity (Wildman–Crippen MR) is 178 cm³/mol. The predicted octanol–water partition coefficient (Wildman–Crippen LogP) is 3.76. The van der Waals surface area contributed by atoms with E-state index in [0.29, 0.717) is 18.4 Å². The van der Waals surface area contributed by atoms with Crippen LogP contribution in [0, 0.1) is 0 Å². The summed E-state index contributed by atoms with van der Waals surface area (Å²) in [5.41, 5.74) is 4.03. The number of rotatable bonds is 14. The van der Waals surface area contributed by atoms with Crippen molar-refractivity contribution in [2.75, 3.05) is 5.32 Å². The summed E-state index contributed by atoms with van der Waals surface area (Å²) in [6, 6.07) is 28.0. The molecule has 0 saturated carbocycles. The van der Waals surface area contributed by atoms with E-state index >= 15 is 0 Å². The van der Waals surface area contributed by atoms with Crippen LogP contribution in [0.3, 0.4) is 0 Å². The number of anilines is 1. The van der Waals surface area contributed by atoms with E-state index in [-0.39, 0.29) is 40.9 Å². The van der Waals surface area contributed by atoms with Crippen LogP contribution in [0.25, 0.3) is 17.8 Å². The molecular formula is C34H34AsN3O10. The second kappa shape index (κ2) is 18.7. The van der Waals surface area contributed by atoms with Crippen molar-refractivity contribution in [2.45, 2.75) is 32.6 Å². The number of aldehydes is 1. The first-order valence-electron chi connectivity index (χ1n) is 14.5. The molecule has 0 aliphatic carbocycles. The molecule has 0 spiro atoms. The van der Waals surface area contributed by atoms with E-state index in [2.05, 4.69) is 9.19 Å². The van der Waals surface area contributed by atoms with Gasteiger partial charge in [0.1, 0.15) is 6.29 Å². The summed E-state index contributed by atoms with van der Waals surface area (Å²) in [6.45, 7) is 1.14. The molecule has 4 N–H and O–H groups in total. The minimum absolute atomic E-state index is 0.0479. The van der Waals surface area contributed by atoms with Crippen LogP contribution in [-0.4, -0.2) is 53.2 Å². The molecule has 14 heteroatoms. The van der Waals surface area contributed by atoms with Gasteiger partial charge in [0.2, 0.25) is 0 Å². The number of aromatic nitrogens is 1. The molecule has 0 saturated heterocycles. The monoisotopic (exact) mass is 719 g/mol. The van der Waals surface area contributed by atoms with Gasteiger partial charge in [0, 0.05) is 6.42 Å². The number of carbonyl (C=O) groups is 4. The van der Waals surface area contributed by atoms with Gasteiger partial charge in [0.25, 0.3) is 0 Å². The zero-order chi connectivity index (χ0) is 34.9. The number of benzene rings is 3. The number of pyridine rings is 1. The standard InChI is InChI=1S/C30H28AsN3O7.C4H6O3/c1-22(35)33-40-31(38,41-39)25-13-8-14-27(21-25)34-26(17-15-23-9-4-2-5-10-23)18-19-28(30(34)37)32-29(36)20-16-24-11-6-3-7-12-24;5-3-1-2-4(6)7/h2-15,17-19,21,39H,16,20H2,1H3,(H,32,36)(H,33,35);3H,1-2H2,(H,6,7). The van der Waals surface area contributed by atoms with Crippen LogP contribution < -0.4 is 20.7 Å². The van der Waals surface area contributed by atoms with E-state index in [1.54, 1.807) is 18.2 Å². The number of nitrogens with zero attached hydrogens (tertiary/aromatic N) is 1. The van der Waals surface area contributed by atoms with E-state index in [4.69, 9.17) is 8.93 Å². The van der Waals surface area contributed by atoms with Crippen LogP contribution in [0.4, 0.5) is 5.69 Å². The Labute approximate surface area is 278 Å². The number of hydroxylamine groups is 1. The minimum Gasteiger partial charge on any atom is -0.481 e. The van der Waals surface area contributed by atoms with Crippen LogP contribution in [0.1, 0.15) is 43.0 Å². The van der Waals surface area contributed by atoms with Gasteiger partial charge >= 0.3 is 227 Å². The van der Waals surface area contributed by atoms with Gasteiger partial charge in [-0.2, -0.15) is 0 Å². The second-order valence-corrected chi connectivity index (χ2v) is 13.9. The average molecular weight is 720 g/mol. The Kier molecular flexibility index (Phi) is 14.5. The third kappa shape index (κ3) is 11.5. The minimum atomic E-state index is -5.15. The number of aryl methyl sites for hydroxylation is 1. The SMILES string of the molecule is CC(=O)NO[As](=O)(OO)c1cccc(-n2c(C=Cc3ccccc3)ccc(NC(=O)CCc3ccccc3)c2=O)c1.O=CCCC(=O)O. The van der Waals surface area contributed by atoms with Gasteiger partial charge < -0.3 is 9.90 Å². The maximum absolute atomic E-state index is 13.7. The molecule has 13 nitrogen and oxygen atoms in total. The largest absolute Gasteiger partial charge is 0.481 e. The summed E-state index contributed by atoms with van der Waals surface area (Å²) in [5.74, 6) is -1.91. The fourth-order valence-electron chi connectivity index (χ4n) is 4.13. The molecule has 1 unspecified atom stereocenters. The van der Waals surface area contributed by atoms with Crippen LogP contribution >= 0.6 is 0 Å². The third-order valence-electron chi connectivity index (χ3n) is 6.41. The molecule has 48 heavy (non-hydrogen) atoms. The van der Waals surface area contributed by atoms with E-state index in [1.807, 2.05) is 72.2 Å². The fraction of sp³-hybridized carbons (Fsp3) is 0.147. The summed E-state index contributed by atoms with van der Waals surface area (Å²) in [4.78, 5) is 56.8. The van der Waals surface area contributed by atoms with Crippen molar-refractivity contribution < 1.29 is 41.0 Å². The zero-order valence-corrected chi connectivity index (χ0v) is 27.7. The Morgan fingerprint density at radius 3 is 2.19 bits per heavy atom. The average Bonchev–Trinajstić information content (AvgIpc) is 3.10. The topological polar surface area (TPSA) is 190 Å². The second-order valence-electron chi connectivity index (χ2n) is 10.0. The molecule has 0 aliphatic heterocycles. The van der Waals surface area contributed by atoms with Crippen molar-refractivity contribution in [1.29, 1.82) is 0 Å². The molecule has 1 atom stereocenters. The van der Waals surface area contributed by atoms with Gasteiger partial charge in [-0.3, -0.25) is 4.79 Å². The quantitative estimate of drug-likeness (QED) is 0.0646. The Morgan fingerprint density at radius 2 is 1.58 bits per heavy atom. The first kappa shape index (κ1) is 37.1. The number of nitrogens with one attached hydrogen (secondary N) is 2. The molecule has 0 radical (unpaired) electrons. The maximum atomic E-state index is 13.7. The van der Waals surface area contributed by atoms with Crippen molar-refractivity contribution >= 4 is 60.4 Å². The van der Waals surface area contributed by atoms with E-state index in [1.165, 1.54) is 28.8 Å². The molecule has 4 aromatic rings. The zero-order valence-electron chi connectivity index (χ0n) is 25.9. The summed E-state index contributed by atoms with van der Waals surface area (Å²) < 4.78 is 23.5. The van der Waals surface area contributed by atoms with Gasteiger partial charge in [-0.1, -0.05) is 18.2 Å². The Hall–Kier alpha value is -5.33. The van der Waals surface area contributed by atoms with Gasteiger partial charge in [-0.05, 0) is 0 Å². The summed E-state index contributed by atoms with van der Waals surface area (Å²) in [6.07, 6.45) is 4.89. The Balaban J connectivity index is 0.000000804. The summed E-state index contributed by atoms with van der Waals surface area (Å²) >= 11 is -5.15. The van der Waals surface area contributed by atoms with E-state index < -0.39 is 31.6 Å². The van der Waals surface area contributed by atoms with Crippen molar-refractivity contribution in [3.8, 4) is 5.69 Å². The molecule has 3 aromatic carbocycles. The Bertz CT molecular complexity index is 1840. The molecule has 2 amide bonds. The van der Waals surface area contributed by atoms with Crippen molar-refractivity contribution in [2.24, 2.45) is 0 Å². The molecule has 0 aliphatic rings. The normalized spacial score (nSPS) is 11.9. The molecule has 1 aromatic heterocycles. The van der Waals surface area contributed by atoms with E-state index in [9.17, 15) is 33.0 Å². The number of carboxylic acid groups (broad SMARTS) is 1. The smallest absolute Gasteiger partial charge is 0.303 e. The molecule has 250 valence electrons. The molecule has 0 fully saturated rings. The van der Waals surface area contributed by atoms with Gasteiger partial charge in [0.15, 0.2) is 0 Å². The van der Waals surface area contributed by atoms with Gasteiger partial charge in [0.05, 0.1) is 6.42 Å². The van der Waals surface area contributed by atoms with Gasteiger partial charge in [-0.15, -0.1) is 0 Å². The first-order valence-corrected chi connectivity index (χ1v) is 17.8.